The molecule has 0 amide bonds. The van der Waals surface area contributed by atoms with Gasteiger partial charge in [0.15, 0.2) is 0 Å². The van der Waals surface area contributed by atoms with E-state index in [2.05, 4.69) is 19.1 Å². The molecule has 1 aromatic rings. The maximum absolute atomic E-state index is 6.59. The predicted octanol–water partition coefficient (Wildman–Crippen LogP) is 4.64. The van der Waals surface area contributed by atoms with Crippen LogP contribution in [0.1, 0.15) is 41.3 Å². The van der Waals surface area contributed by atoms with Crippen molar-refractivity contribution in [3.63, 3.8) is 0 Å². The van der Waals surface area contributed by atoms with Crippen LogP contribution in [0.3, 0.4) is 0 Å². The normalized spacial score (nSPS) is 35.2. The Morgan fingerprint density at radius 3 is 2.73 bits per heavy atom. The lowest BCUT2D eigenvalue weighted by molar-refractivity contribution is 0.577. The molecule has 0 aromatic carbocycles. The molecule has 3 unspecified atom stereocenters. The molecule has 2 fully saturated rings. The second-order valence-electron chi connectivity index (χ2n) is 4.90. The van der Waals surface area contributed by atoms with E-state index < -0.39 is 0 Å². The summed E-state index contributed by atoms with van der Waals surface area (Å²) in [6.45, 7) is 2.21. The Kier molecular flexibility index (Phi) is 2.56. The smallest absolute Gasteiger partial charge is 0.0712 e. The number of thiophene rings is 1. The van der Waals surface area contributed by atoms with Gasteiger partial charge < -0.3 is 0 Å². The third kappa shape index (κ3) is 1.64. The molecule has 0 nitrogen and oxygen atoms in total. The molecule has 0 spiro atoms. The van der Waals surface area contributed by atoms with E-state index in [1.807, 2.05) is 11.3 Å². The Hall–Kier alpha value is -0.0100. The van der Waals surface area contributed by atoms with Crippen molar-refractivity contribution < 1.29 is 0 Å². The zero-order valence-corrected chi connectivity index (χ0v) is 10.7. The first-order valence-electron chi connectivity index (χ1n) is 6.04. The minimum absolute atomic E-state index is 0.311. The van der Waals surface area contributed by atoms with Crippen molar-refractivity contribution in [1.82, 2.24) is 0 Å². The maximum Gasteiger partial charge on any atom is 0.0712 e. The zero-order valence-electron chi connectivity index (χ0n) is 9.08. The van der Waals surface area contributed by atoms with E-state index in [-0.39, 0.29) is 0 Å². The summed E-state index contributed by atoms with van der Waals surface area (Å²) in [5.41, 5.74) is 0. The van der Waals surface area contributed by atoms with E-state index in [1.54, 1.807) is 0 Å². The summed E-state index contributed by atoms with van der Waals surface area (Å²) in [4.78, 5) is 2.88. The zero-order chi connectivity index (χ0) is 10.4. The summed E-state index contributed by atoms with van der Waals surface area (Å²) in [6.07, 6.45) is 5.46. The van der Waals surface area contributed by atoms with Gasteiger partial charge in [0.25, 0.3) is 0 Å². The van der Waals surface area contributed by atoms with Crippen LogP contribution in [0.25, 0.3) is 0 Å². The molecule has 1 heterocycles. The number of aryl methyl sites for hydroxylation is 1. The summed E-state index contributed by atoms with van der Waals surface area (Å²) in [7, 11) is 0. The van der Waals surface area contributed by atoms with Crippen LogP contribution in [-0.2, 0) is 6.42 Å². The van der Waals surface area contributed by atoms with Gasteiger partial charge in [-0.25, -0.2) is 0 Å². The van der Waals surface area contributed by atoms with Crippen molar-refractivity contribution in [2.45, 2.75) is 38.0 Å². The highest BCUT2D eigenvalue weighted by Gasteiger charge is 2.55. The van der Waals surface area contributed by atoms with Crippen LogP contribution in [0, 0.1) is 17.8 Å². The molecular weight excluding hydrogens is 224 g/mol. The third-order valence-corrected chi connectivity index (χ3v) is 6.08. The number of fused-ring (bicyclic) bond motifs is 1. The van der Waals surface area contributed by atoms with Gasteiger partial charge in [0.2, 0.25) is 0 Å². The minimum Gasteiger partial charge on any atom is -0.144 e. The first-order valence-corrected chi connectivity index (χ1v) is 7.29. The monoisotopic (exact) mass is 240 g/mol. The van der Waals surface area contributed by atoms with Crippen molar-refractivity contribution in [2.24, 2.45) is 17.8 Å². The number of alkyl halides is 1. The summed E-state index contributed by atoms with van der Waals surface area (Å²) in [5.74, 6) is 2.75. The second kappa shape index (κ2) is 3.78. The fourth-order valence-corrected chi connectivity index (χ4v) is 4.80. The van der Waals surface area contributed by atoms with Crippen LogP contribution in [0.4, 0.5) is 0 Å². The van der Waals surface area contributed by atoms with Gasteiger partial charge in [-0.05, 0) is 49.1 Å². The van der Waals surface area contributed by atoms with Gasteiger partial charge in [-0.3, -0.25) is 0 Å². The van der Waals surface area contributed by atoms with Gasteiger partial charge in [-0.1, -0.05) is 13.3 Å². The molecule has 1 aromatic heterocycles. The lowest BCUT2D eigenvalue weighted by Gasteiger charge is -2.08. The third-order valence-electron chi connectivity index (χ3n) is 4.11. The molecule has 3 atom stereocenters. The van der Waals surface area contributed by atoms with E-state index >= 15 is 0 Å². The Morgan fingerprint density at radius 1 is 1.40 bits per heavy atom. The molecule has 0 aliphatic heterocycles. The van der Waals surface area contributed by atoms with Gasteiger partial charge >= 0.3 is 0 Å². The van der Waals surface area contributed by atoms with Gasteiger partial charge in [0.05, 0.1) is 5.38 Å². The first kappa shape index (κ1) is 10.2. The fraction of sp³-hybridized carbons (Fsp3) is 0.692. The largest absolute Gasteiger partial charge is 0.144 e. The Morgan fingerprint density at radius 2 is 2.13 bits per heavy atom. The number of hydrogen-bond donors (Lipinski definition) is 0. The second-order valence-corrected chi connectivity index (χ2v) is 6.57. The van der Waals surface area contributed by atoms with E-state index in [0.717, 1.165) is 24.2 Å². The van der Waals surface area contributed by atoms with Crippen molar-refractivity contribution in [3.05, 3.63) is 21.9 Å². The molecule has 0 saturated heterocycles. The molecule has 15 heavy (non-hydrogen) atoms. The summed E-state index contributed by atoms with van der Waals surface area (Å²) < 4.78 is 0. The highest BCUT2D eigenvalue weighted by molar-refractivity contribution is 7.12. The van der Waals surface area contributed by atoms with Crippen LogP contribution in [0.2, 0.25) is 0 Å². The SMILES string of the molecule is CCc1ccc(C(Cl)C2C3CCCC32)s1. The average Bonchev–Trinajstić information content (AvgIpc) is 2.73. The quantitative estimate of drug-likeness (QED) is 0.676. The van der Waals surface area contributed by atoms with Crippen molar-refractivity contribution >= 4 is 22.9 Å². The highest BCUT2D eigenvalue weighted by Crippen LogP contribution is 2.64. The molecule has 2 saturated carbocycles. The number of hydrogen-bond acceptors (Lipinski definition) is 1. The number of halogens is 1. The highest BCUT2D eigenvalue weighted by atomic mass is 35.5. The molecular formula is C13H17ClS. The van der Waals surface area contributed by atoms with Gasteiger partial charge in [0, 0.05) is 9.75 Å². The average molecular weight is 241 g/mol. The topological polar surface area (TPSA) is 0 Å². The molecule has 82 valence electrons. The van der Waals surface area contributed by atoms with Crippen LogP contribution in [0.5, 0.6) is 0 Å². The van der Waals surface area contributed by atoms with Gasteiger partial charge in [-0.15, -0.1) is 22.9 Å². The fourth-order valence-electron chi connectivity index (χ4n) is 3.23. The van der Waals surface area contributed by atoms with Crippen LogP contribution >= 0.6 is 22.9 Å². The van der Waals surface area contributed by atoms with E-state index in [1.165, 1.54) is 29.0 Å². The van der Waals surface area contributed by atoms with Gasteiger partial charge in [0.1, 0.15) is 0 Å². The van der Waals surface area contributed by atoms with E-state index in [9.17, 15) is 0 Å². The van der Waals surface area contributed by atoms with E-state index in [4.69, 9.17) is 11.6 Å². The molecule has 0 bridgehead atoms. The number of rotatable bonds is 3. The summed E-state index contributed by atoms with van der Waals surface area (Å²) in [6, 6.07) is 4.49. The van der Waals surface area contributed by atoms with Crippen molar-refractivity contribution in [1.29, 1.82) is 0 Å². The minimum atomic E-state index is 0.311. The van der Waals surface area contributed by atoms with Crippen molar-refractivity contribution in [2.75, 3.05) is 0 Å². The maximum atomic E-state index is 6.59. The predicted molar refractivity (Wildman–Crippen MR) is 66.6 cm³/mol. The Balaban J connectivity index is 1.72. The van der Waals surface area contributed by atoms with Crippen LogP contribution in [-0.4, -0.2) is 0 Å². The Bertz CT molecular complexity index is 347. The molecule has 0 radical (unpaired) electrons. The van der Waals surface area contributed by atoms with Gasteiger partial charge in [-0.2, -0.15) is 0 Å². The summed E-state index contributed by atoms with van der Waals surface area (Å²) in [5, 5.41) is 0.311. The van der Waals surface area contributed by atoms with Crippen molar-refractivity contribution in [3.8, 4) is 0 Å². The molecule has 0 N–H and O–H groups in total. The summed E-state index contributed by atoms with van der Waals surface area (Å²) >= 11 is 8.50. The van der Waals surface area contributed by atoms with E-state index in [0.29, 0.717) is 5.38 Å². The first-order chi connectivity index (χ1) is 7.31. The standard InChI is InChI=1S/C13H17ClS/c1-2-8-6-7-11(15-8)13(14)12-9-4-3-5-10(9)12/h6-7,9-10,12-13H,2-5H2,1H3. The Labute approximate surface area is 101 Å². The molecule has 2 heteroatoms. The lowest BCUT2D eigenvalue weighted by Crippen LogP contribution is -1.95. The van der Waals surface area contributed by atoms with Crippen LogP contribution in [0.15, 0.2) is 12.1 Å². The molecule has 2 aliphatic rings. The molecule has 2 aliphatic carbocycles. The van der Waals surface area contributed by atoms with Crippen LogP contribution < -0.4 is 0 Å². The lowest BCUT2D eigenvalue weighted by atomic mass is 10.1. The molecule has 3 rings (SSSR count).